The Labute approximate surface area is 132 Å². The fraction of sp³-hybridized carbons (Fsp3) is 0.118. The van der Waals surface area contributed by atoms with Crippen molar-refractivity contribution >= 4 is 11.0 Å². The fourth-order valence-electron chi connectivity index (χ4n) is 2.62. The van der Waals surface area contributed by atoms with Crippen LogP contribution in [0.5, 0.6) is 0 Å². The van der Waals surface area contributed by atoms with Crippen molar-refractivity contribution < 1.29 is 4.39 Å². The molecule has 4 aromatic rings. The third-order valence-corrected chi connectivity index (χ3v) is 3.75. The molecule has 3 aromatic heterocycles. The lowest BCUT2D eigenvalue weighted by Crippen LogP contribution is -2.01. The molecule has 0 saturated carbocycles. The maximum atomic E-state index is 13.3. The molecule has 0 spiro atoms. The van der Waals surface area contributed by atoms with Gasteiger partial charge in [-0.25, -0.2) is 4.39 Å². The second kappa shape index (κ2) is 5.31. The highest BCUT2D eigenvalue weighted by molar-refractivity contribution is 5.80. The van der Waals surface area contributed by atoms with E-state index >= 15 is 0 Å². The van der Waals surface area contributed by atoms with Gasteiger partial charge in [-0.15, -0.1) is 0 Å². The molecule has 0 radical (unpaired) electrons. The van der Waals surface area contributed by atoms with Gasteiger partial charge in [-0.3, -0.25) is 14.3 Å². The average molecular weight is 307 g/mol. The monoisotopic (exact) mass is 307 g/mol. The average Bonchev–Trinajstić information content (AvgIpc) is 3.14. The van der Waals surface area contributed by atoms with Crippen LogP contribution in [0.3, 0.4) is 0 Å². The molecule has 0 N–H and O–H groups in total. The number of rotatable bonds is 3. The molecule has 114 valence electrons. The third-order valence-electron chi connectivity index (χ3n) is 3.75. The second-order valence-corrected chi connectivity index (χ2v) is 5.46. The van der Waals surface area contributed by atoms with E-state index in [1.54, 1.807) is 23.1 Å². The van der Waals surface area contributed by atoms with Crippen LogP contribution in [-0.2, 0) is 13.6 Å². The first-order chi connectivity index (χ1) is 11.2. The lowest BCUT2D eigenvalue weighted by Gasteiger charge is -2.05. The molecule has 0 aliphatic carbocycles. The zero-order valence-corrected chi connectivity index (χ0v) is 12.5. The molecule has 0 unspecified atom stereocenters. The molecule has 5 nitrogen and oxygen atoms in total. The minimum absolute atomic E-state index is 0.242. The van der Waals surface area contributed by atoms with Gasteiger partial charge in [0.05, 0.1) is 24.5 Å². The minimum atomic E-state index is -0.242. The number of fused-ring (bicyclic) bond motifs is 1. The molecule has 0 amide bonds. The quantitative estimate of drug-likeness (QED) is 0.584. The van der Waals surface area contributed by atoms with Crippen LogP contribution in [0.4, 0.5) is 4.39 Å². The molecule has 0 bridgehead atoms. The van der Waals surface area contributed by atoms with Crippen molar-refractivity contribution in [1.29, 1.82) is 0 Å². The number of benzene rings is 1. The Kier molecular flexibility index (Phi) is 3.15. The van der Waals surface area contributed by atoms with Crippen molar-refractivity contribution in [3.63, 3.8) is 0 Å². The van der Waals surface area contributed by atoms with E-state index in [1.165, 1.54) is 12.1 Å². The Morgan fingerprint density at radius 3 is 2.74 bits per heavy atom. The van der Waals surface area contributed by atoms with Gasteiger partial charge in [-0.05, 0) is 23.8 Å². The molecule has 0 fully saturated rings. The number of halogens is 1. The Hall–Kier alpha value is -3.02. The van der Waals surface area contributed by atoms with Gasteiger partial charge in [0.15, 0.2) is 0 Å². The van der Waals surface area contributed by atoms with E-state index in [9.17, 15) is 4.39 Å². The Morgan fingerprint density at radius 2 is 1.96 bits per heavy atom. The van der Waals surface area contributed by atoms with Gasteiger partial charge in [-0.2, -0.15) is 10.2 Å². The third kappa shape index (κ3) is 2.59. The number of nitrogens with zero attached hydrogens (tertiary/aromatic N) is 5. The summed E-state index contributed by atoms with van der Waals surface area (Å²) < 4.78 is 16.9. The largest absolute Gasteiger partial charge is 0.275 e. The van der Waals surface area contributed by atoms with Gasteiger partial charge in [0, 0.05) is 30.6 Å². The normalized spacial score (nSPS) is 11.2. The van der Waals surface area contributed by atoms with Crippen LogP contribution >= 0.6 is 0 Å². The van der Waals surface area contributed by atoms with Crippen LogP contribution in [0, 0.1) is 5.82 Å². The van der Waals surface area contributed by atoms with E-state index in [0.29, 0.717) is 6.54 Å². The molecule has 0 saturated heterocycles. The first-order valence-electron chi connectivity index (χ1n) is 7.24. The number of aromatic nitrogens is 5. The lowest BCUT2D eigenvalue weighted by molar-refractivity contribution is 0.621. The topological polar surface area (TPSA) is 48.5 Å². The van der Waals surface area contributed by atoms with Gasteiger partial charge in [0.25, 0.3) is 0 Å². The van der Waals surface area contributed by atoms with Gasteiger partial charge >= 0.3 is 0 Å². The number of pyridine rings is 1. The summed E-state index contributed by atoms with van der Waals surface area (Å²) in [4.78, 5) is 4.45. The van der Waals surface area contributed by atoms with Crippen LogP contribution in [0.15, 0.2) is 55.1 Å². The Morgan fingerprint density at radius 1 is 1.04 bits per heavy atom. The predicted octanol–water partition coefficient (Wildman–Crippen LogP) is 3.02. The number of aryl methyl sites for hydroxylation is 1. The van der Waals surface area contributed by atoms with Crippen molar-refractivity contribution in [2.45, 2.75) is 6.54 Å². The van der Waals surface area contributed by atoms with Crippen LogP contribution in [0.25, 0.3) is 22.2 Å². The molecule has 0 aliphatic rings. The van der Waals surface area contributed by atoms with E-state index < -0.39 is 0 Å². The molecule has 4 rings (SSSR count). The summed E-state index contributed by atoms with van der Waals surface area (Å²) in [7, 11) is 1.88. The smallest absolute Gasteiger partial charge is 0.123 e. The summed E-state index contributed by atoms with van der Waals surface area (Å²) in [5.74, 6) is -0.242. The van der Waals surface area contributed by atoms with Crippen LogP contribution in [-0.4, -0.2) is 24.5 Å². The van der Waals surface area contributed by atoms with E-state index in [2.05, 4.69) is 15.2 Å². The van der Waals surface area contributed by atoms with E-state index in [-0.39, 0.29) is 5.82 Å². The summed E-state index contributed by atoms with van der Waals surface area (Å²) in [6, 6.07) is 8.58. The first-order valence-corrected chi connectivity index (χ1v) is 7.24. The SMILES string of the molecule is Cn1cc(-c2cnc3cnn(Cc4cccc(F)c4)c3c2)cn1. The second-order valence-electron chi connectivity index (χ2n) is 5.46. The fourth-order valence-corrected chi connectivity index (χ4v) is 2.62. The summed E-state index contributed by atoms with van der Waals surface area (Å²) in [6.07, 6.45) is 7.28. The maximum Gasteiger partial charge on any atom is 0.123 e. The zero-order valence-electron chi connectivity index (χ0n) is 12.5. The van der Waals surface area contributed by atoms with Gasteiger partial charge < -0.3 is 0 Å². The molecule has 23 heavy (non-hydrogen) atoms. The molecule has 3 heterocycles. The lowest BCUT2D eigenvalue weighted by atomic mass is 10.1. The number of hydrogen-bond acceptors (Lipinski definition) is 3. The van der Waals surface area contributed by atoms with Crippen molar-refractivity contribution in [3.05, 3.63) is 66.5 Å². The van der Waals surface area contributed by atoms with Crippen LogP contribution in [0.2, 0.25) is 0 Å². The van der Waals surface area contributed by atoms with Crippen molar-refractivity contribution in [3.8, 4) is 11.1 Å². The Bertz CT molecular complexity index is 985. The van der Waals surface area contributed by atoms with E-state index in [0.717, 1.165) is 27.7 Å². The van der Waals surface area contributed by atoms with E-state index in [1.807, 2.05) is 36.3 Å². The Balaban J connectivity index is 1.75. The first kappa shape index (κ1) is 13.6. The summed E-state index contributed by atoms with van der Waals surface area (Å²) >= 11 is 0. The summed E-state index contributed by atoms with van der Waals surface area (Å²) in [5.41, 5.74) is 4.57. The maximum absolute atomic E-state index is 13.3. The van der Waals surface area contributed by atoms with Crippen LogP contribution < -0.4 is 0 Å². The van der Waals surface area contributed by atoms with Crippen LogP contribution in [0.1, 0.15) is 5.56 Å². The molecule has 0 atom stereocenters. The van der Waals surface area contributed by atoms with Gasteiger partial charge in [-0.1, -0.05) is 12.1 Å². The van der Waals surface area contributed by atoms with E-state index in [4.69, 9.17) is 0 Å². The molecular weight excluding hydrogens is 293 g/mol. The van der Waals surface area contributed by atoms with Crippen molar-refractivity contribution in [1.82, 2.24) is 24.5 Å². The molecule has 0 aliphatic heterocycles. The minimum Gasteiger partial charge on any atom is -0.275 e. The predicted molar refractivity (Wildman–Crippen MR) is 85.2 cm³/mol. The van der Waals surface area contributed by atoms with Gasteiger partial charge in [0.2, 0.25) is 0 Å². The summed E-state index contributed by atoms with van der Waals surface area (Å²) in [5, 5.41) is 8.56. The molecular formula is C17H14FN5. The number of hydrogen-bond donors (Lipinski definition) is 0. The molecule has 1 aromatic carbocycles. The summed E-state index contributed by atoms with van der Waals surface area (Å²) in [6.45, 7) is 0.499. The highest BCUT2D eigenvalue weighted by Crippen LogP contribution is 2.22. The van der Waals surface area contributed by atoms with Crippen molar-refractivity contribution in [2.75, 3.05) is 0 Å². The highest BCUT2D eigenvalue weighted by atomic mass is 19.1. The van der Waals surface area contributed by atoms with Gasteiger partial charge in [0.1, 0.15) is 11.3 Å². The molecule has 6 heteroatoms. The zero-order chi connectivity index (χ0) is 15.8. The standard InChI is InChI=1S/C17H14FN5/c1-22-11-14(8-20-22)13-6-17-16(19-7-13)9-21-23(17)10-12-3-2-4-15(18)5-12/h2-9,11H,10H2,1H3. The highest BCUT2D eigenvalue weighted by Gasteiger charge is 2.08. The van der Waals surface area contributed by atoms with Crippen molar-refractivity contribution in [2.24, 2.45) is 7.05 Å².